The lowest BCUT2D eigenvalue weighted by molar-refractivity contribution is -0.117. The van der Waals surface area contributed by atoms with Crippen molar-refractivity contribution < 1.29 is 14.3 Å². The number of methoxy groups -OCH3 is 1. The second-order valence-electron chi connectivity index (χ2n) is 4.92. The number of rotatable bonds is 5. The van der Waals surface area contributed by atoms with E-state index in [2.05, 4.69) is 5.32 Å². The lowest BCUT2D eigenvalue weighted by Gasteiger charge is -2.18. The van der Waals surface area contributed by atoms with Gasteiger partial charge in [-0.15, -0.1) is 0 Å². The van der Waals surface area contributed by atoms with Crippen LogP contribution in [0.2, 0.25) is 0 Å². The quantitative estimate of drug-likeness (QED) is 0.876. The van der Waals surface area contributed by atoms with E-state index in [1.807, 2.05) is 43.3 Å². The molecule has 0 fully saturated rings. The van der Waals surface area contributed by atoms with Gasteiger partial charge in [0.15, 0.2) is 0 Å². The highest BCUT2D eigenvalue weighted by Gasteiger charge is 2.17. The van der Waals surface area contributed by atoms with Crippen LogP contribution in [0.3, 0.4) is 0 Å². The van der Waals surface area contributed by atoms with Crippen LogP contribution in [-0.4, -0.2) is 51.7 Å². The molecular weight excluding hydrogens is 256 g/mol. The molecule has 0 radical (unpaired) electrons. The summed E-state index contributed by atoms with van der Waals surface area (Å²) < 4.78 is 10.8. The van der Waals surface area contributed by atoms with Gasteiger partial charge in [-0.2, -0.15) is 0 Å². The van der Waals surface area contributed by atoms with E-state index in [-0.39, 0.29) is 5.91 Å². The Morgan fingerprint density at radius 1 is 1.45 bits per heavy atom. The summed E-state index contributed by atoms with van der Waals surface area (Å²) in [5.41, 5.74) is 1.50. The Labute approximate surface area is 119 Å². The molecule has 1 heterocycles. The summed E-state index contributed by atoms with van der Waals surface area (Å²) in [6.07, 6.45) is 1.85. The zero-order chi connectivity index (χ0) is 14.5. The van der Waals surface area contributed by atoms with Crippen molar-refractivity contribution in [2.45, 2.75) is 0 Å². The van der Waals surface area contributed by atoms with Crippen molar-refractivity contribution in [1.29, 1.82) is 0 Å². The van der Waals surface area contributed by atoms with Crippen LogP contribution >= 0.6 is 0 Å². The van der Waals surface area contributed by atoms with E-state index >= 15 is 0 Å². The molecule has 0 saturated heterocycles. The number of nitrogens with zero attached hydrogens (tertiary/aromatic N) is 1. The van der Waals surface area contributed by atoms with Gasteiger partial charge in [0.25, 0.3) is 5.91 Å². The van der Waals surface area contributed by atoms with Gasteiger partial charge in [-0.25, -0.2) is 0 Å². The van der Waals surface area contributed by atoms with Crippen molar-refractivity contribution in [3.8, 4) is 11.5 Å². The summed E-state index contributed by atoms with van der Waals surface area (Å²) >= 11 is 0. The Morgan fingerprint density at radius 2 is 2.25 bits per heavy atom. The molecule has 1 aromatic rings. The zero-order valence-electron chi connectivity index (χ0n) is 12.1. The third-order valence-corrected chi connectivity index (χ3v) is 3.07. The van der Waals surface area contributed by atoms with E-state index < -0.39 is 0 Å². The topological polar surface area (TPSA) is 50.8 Å². The average Bonchev–Trinajstić information content (AvgIpc) is 2.45. The number of likely N-dealkylation sites (N-methyl/N-ethyl adjacent to an activating group) is 1. The van der Waals surface area contributed by atoms with Crippen LogP contribution in [-0.2, 0) is 4.79 Å². The van der Waals surface area contributed by atoms with Gasteiger partial charge >= 0.3 is 0 Å². The molecule has 108 valence electrons. The number of carbonyl (C=O) groups excluding carboxylic acids is 1. The van der Waals surface area contributed by atoms with Gasteiger partial charge in [0.1, 0.15) is 18.1 Å². The fourth-order valence-electron chi connectivity index (χ4n) is 1.92. The second-order valence-corrected chi connectivity index (χ2v) is 4.92. The molecule has 0 bridgehead atoms. The molecule has 0 atom stereocenters. The van der Waals surface area contributed by atoms with Crippen LogP contribution in [0, 0.1) is 0 Å². The number of fused-ring (bicyclic) bond motifs is 1. The first-order valence-electron chi connectivity index (χ1n) is 6.54. The molecule has 1 aliphatic rings. The summed E-state index contributed by atoms with van der Waals surface area (Å²) in [7, 11) is 5.55. The van der Waals surface area contributed by atoms with Gasteiger partial charge in [0.2, 0.25) is 0 Å². The molecule has 0 unspecified atom stereocenters. The fraction of sp³-hybridized carbons (Fsp3) is 0.400. The van der Waals surface area contributed by atoms with Gasteiger partial charge in [0.05, 0.1) is 12.7 Å². The highest BCUT2D eigenvalue weighted by Crippen LogP contribution is 2.29. The smallest absolute Gasteiger partial charge is 0.250 e. The minimum Gasteiger partial charge on any atom is -0.497 e. The molecule has 1 amide bonds. The summed E-state index contributed by atoms with van der Waals surface area (Å²) in [4.78, 5) is 14.1. The molecule has 0 aliphatic carbocycles. The molecule has 1 aliphatic heterocycles. The minimum atomic E-state index is -0.0830. The molecule has 5 nitrogen and oxygen atoms in total. The van der Waals surface area contributed by atoms with Crippen molar-refractivity contribution in [2.24, 2.45) is 0 Å². The SMILES string of the molecule is COc1ccc2c(c1)C=C(C(=O)NCCN(C)C)CO2. The number of hydrogen-bond donors (Lipinski definition) is 1. The summed E-state index contributed by atoms with van der Waals surface area (Å²) in [5, 5.41) is 2.88. The Balaban J connectivity index is 2.06. The first-order valence-corrected chi connectivity index (χ1v) is 6.54. The van der Waals surface area contributed by atoms with Crippen molar-refractivity contribution in [2.75, 3.05) is 40.9 Å². The molecule has 2 rings (SSSR count). The minimum absolute atomic E-state index is 0.0830. The molecule has 5 heteroatoms. The van der Waals surface area contributed by atoms with E-state index in [9.17, 15) is 4.79 Å². The van der Waals surface area contributed by atoms with Crippen LogP contribution in [0.25, 0.3) is 6.08 Å². The summed E-state index contributed by atoms with van der Waals surface area (Å²) in [6.45, 7) is 1.73. The fourth-order valence-corrected chi connectivity index (χ4v) is 1.92. The van der Waals surface area contributed by atoms with Crippen molar-refractivity contribution >= 4 is 12.0 Å². The largest absolute Gasteiger partial charge is 0.497 e. The van der Waals surface area contributed by atoms with Gasteiger partial charge < -0.3 is 19.7 Å². The van der Waals surface area contributed by atoms with Gasteiger partial charge in [0, 0.05) is 18.7 Å². The van der Waals surface area contributed by atoms with E-state index in [0.29, 0.717) is 18.7 Å². The Bertz CT molecular complexity index is 524. The monoisotopic (exact) mass is 276 g/mol. The van der Waals surface area contributed by atoms with Crippen LogP contribution in [0.5, 0.6) is 11.5 Å². The van der Waals surface area contributed by atoms with Crippen LogP contribution in [0.1, 0.15) is 5.56 Å². The molecule has 20 heavy (non-hydrogen) atoms. The number of hydrogen-bond acceptors (Lipinski definition) is 4. The van der Waals surface area contributed by atoms with E-state index in [1.54, 1.807) is 7.11 Å². The molecule has 1 N–H and O–H groups in total. The van der Waals surface area contributed by atoms with Gasteiger partial charge in [-0.1, -0.05) is 0 Å². The second kappa shape index (κ2) is 6.43. The van der Waals surface area contributed by atoms with Crippen molar-refractivity contribution in [3.05, 3.63) is 29.3 Å². The number of amides is 1. The Kier molecular flexibility index (Phi) is 4.63. The molecule has 0 aromatic heterocycles. The number of ether oxygens (including phenoxy) is 2. The number of nitrogens with one attached hydrogen (secondary N) is 1. The van der Waals surface area contributed by atoms with Gasteiger partial charge in [-0.3, -0.25) is 4.79 Å². The Morgan fingerprint density at radius 3 is 2.95 bits per heavy atom. The highest BCUT2D eigenvalue weighted by atomic mass is 16.5. The molecule has 1 aromatic carbocycles. The number of carbonyl (C=O) groups is 1. The first-order chi connectivity index (χ1) is 9.60. The Hall–Kier alpha value is -2.01. The van der Waals surface area contributed by atoms with Crippen LogP contribution < -0.4 is 14.8 Å². The van der Waals surface area contributed by atoms with Crippen molar-refractivity contribution in [3.63, 3.8) is 0 Å². The number of benzene rings is 1. The summed E-state index contributed by atoms with van der Waals surface area (Å²) in [6, 6.07) is 5.56. The average molecular weight is 276 g/mol. The standard InChI is InChI=1S/C15H20N2O3/c1-17(2)7-6-16-15(18)12-8-11-9-13(19-3)4-5-14(11)20-10-12/h4-5,8-9H,6-7,10H2,1-3H3,(H,16,18). The normalized spacial score (nSPS) is 13.3. The maximum absolute atomic E-state index is 12.0. The highest BCUT2D eigenvalue weighted by molar-refractivity contribution is 5.99. The van der Waals surface area contributed by atoms with Crippen LogP contribution in [0.4, 0.5) is 0 Å². The first kappa shape index (κ1) is 14.4. The maximum atomic E-state index is 12.0. The lowest BCUT2D eigenvalue weighted by Crippen LogP contribution is -2.34. The molecule has 0 spiro atoms. The van der Waals surface area contributed by atoms with E-state index in [1.165, 1.54) is 0 Å². The molecular formula is C15H20N2O3. The third-order valence-electron chi connectivity index (χ3n) is 3.07. The lowest BCUT2D eigenvalue weighted by atomic mass is 10.1. The predicted octanol–water partition coefficient (Wildman–Crippen LogP) is 1.15. The van der Waals surface area contributed by atoms with E-state index in [0.717, 1.165) is 23.6 Å². The van der Waals surface area contributed by atoms with Crippen molar-refractivity contribution in [1.82, 2.24) is 10.2 Å². The van der Waals surface area contributed by atoms with Crippen LogP contribution in [0.15, 0.2) is 23.8 Å². The van der Waals surface area contributed by atoms with E-state index in [4.69, 9.17) is 9.47 Å². The van der Waals surface area contributed by atoms with Gasteiger partial charge in [-0.05, 0) is 38.4 Å². The molecule has 0 saturated carbocycles. The summed E-state index contributed by atoms with van der Waals surface area (Å²) in [5.74, 6) is 1.44. The maximum Gasteiger partial charge on any atom is 0.250 e. The zero-order valence-corrected chi connectivity index (χ0v) is 12.1. The third kappa shape index (κ3) is 3.51. The predicted molar refractivity (Wildman–Crippen MR) is 78.0 cm³/mol.